The van der Waals surface area contributed by atoms with Crippen molar-refractivity contribution in [3.05, 3.63) is 42.7 Å². The van der Waals surface area contributed by atoms with Gasteiger partial charge in [0.1, 0.15) is 11.9 Å². The van der Waals surface area contributed by atoms with Gasteiger partial charge in [-0.25, -0.2) is 9.18 Å². The molecule has 1 aromatic rings. The zero-order valence-electron chi connectivity index (χ0n) is 11.6. The highest BCUT2D eigenvalue weighted by Crippen LogP contribution is 2.21. The van der Waals surface area contributed by atoms with Gasteiger partial charge in [0.25, 0.3) is 0 Å². The molecule has 21 heavy (non-hydrogen) atoms. The molecule has 5 nitrogen and oxygen atoms in total. The molecule has 0 radical (unpaired) electrons. The first-order valence-corrected chi connectivity index (χ1v) is 6.84. The van der Waals surface area contributed by atoms with Crippen molar-refractivity contribution in [2.24, 2.45) is 0 Å². The van der Waals surface area contributed by atoms with Gasteiger partial charge in [0.05, 0.1) is 0 Å². The first kappa shape index (κ1) is 15.0. The lowest BCUT2D eigenvalue weighted by atomic mass is 10.0. The zero-order chi connectivity index (χ0) is 15.2. The molecule has 1 atom stereocenters. The van der Waals surface area contributed by atoms with Gasteiger partial charge in [-0.05, 0) is 31.0 Å². The number of anilines is 1. The second-order valence-electron chi connectivity index (χ2n) is 4.81. The minimum absolute atomic E-state index is 0.222. The largest absolute Gasteiger partial charge is 0.335 e. The van der Waals surface area contributed by atoms with E-state index in [0.29, 0.717) is 25.2 Å². The van der Waals surface area contributed by atoms with Gasteiger partial charge in [0.15, 0.2) is 0 Å². The molecular weight excluding hydrogens is 273 g/mol. The minimum atomic E-state index is -0.591. The second kappa shape index (κ2) is 6.88. The zero-order valence-corrected chi connectivity index (χ0v) is 11.6. The summed E-state index contributed by atoms with van der Waals surface area (Å²) >= 11 is 0. The van der Waals surface area contributed by atoms with Crippen LogP contribution in [0.2, 0.25) is 0 Å². The molecule has 3 amide bonds. The van der Waals surface area contributed by atoms with Gasteiger partial charge >= 0.3 is 6.03 Å². The number of amides is 3. The lowest BCUT2D eigenvalue weighted by Crippen LogP contribution is -2.54. The van der Waals surface area contributed by atoms with Crippen LogP contribution in [0.25, 0.3) is 0 Å². The highest BCUT2D eigenvalue weighted by atomic mass is 19.1. The van der Waals surface area contributed by atoms with Crippen LogP contribution in [-0.2, 0) is 4.79 Å². The fourth-order valence-electron chi connectivity index (χ4n) is 2.28. The van der Waals surface area contributed by atoms with Crippen molar-refractivity contribution in [3.8, 4) is 0 Å². The van der Waals surface area contributed by atoms with Crippen molar-refractivity contribution in [2.75, 3.05) is 18.0 Å². The van der Waals surface area contributed by atoms with Crippen molar-refractivity contribution in [1.29, 1.82) is 0 Å². The van der Waals surface area contributed by atoms with Crippen LogP contribution in [0.1, 0.15) is 12.8 Å². The third-order valence-electron chi connectivity index (χ3n) is 3.27. The Labute approximate surface area is 122 Å². The van der Waals surface area contributed by atoms with E-state index in [1.54, 1.807) is 18.2 Å². The third kappa shape index (κ3) is 3.81. The molecule has 1 heterocycles. The molecule has 0 aromatic heterocycles. The van der Waals surface area contributed by atoms with E-state index < -0.39 is 12.1 Å². The molecule has 0 unspecified atom stereocenters. The van der Waals surface area contributed by atoms with Gasteiger partial charge in [0, 0.05) is 18.8 Å². The molecule has 1 aromatic carbocycles. The fourth-order valence-corrected chi connectivity index (χ4v) is 2.28. The van der Waals surface area contributed by atoms with Crippen LogP contribution in [0, 0.1) is 5.82 Å². The van der Waals surface area contributed by atoms with E-state index in [0.717, 1.165) is 6.42 Å². The highest BCUT2D eigenvalue weighted by molar-refractivity contribution is 5.99. The number of carbonyl (C=O) groups is 2. The van der Waals surface area contributed by atoms with E-state index in [1.807, 2.05) is 0 Å². The molecule has 112 valence electrons. The van der Waals surface area contributed by atoms with Gasteiger partial charge in [-0.2, -0.15) is 0 Å². The van der Waals surface area contributed by atoms with Gasteiger partial charge in [-0.1, -0.05) is 12.1 Å². The summed E-state index contributed by atoms with van der Waals surface area (Å²) < 4.78 is 13.3. The molecule has 1 fully saturated rings. The summed E-state index contributed by atoms with van der Waals surface area (Å²) in [5.41, 5.74) is 0.512. The van der Waals surface area contributed by atoms with Crippen LogP contribution in [-0.4, -0.2) is 31.1 Å². The monoisotopic (exact) mass is 291 g/mol. The number of hydrogen-bond acceptors (Lipinski definition) is 2. The molecule has 0 saturated carbocycles. The molecule has 0 aliphatic carbocycles. The third-order valence-corrected chi connectivity index (χ3v) is 3.27. The summed E-state index contributed by atoms with van der Waals surface area (Å²) in [6.45, 7) is 4.36. The number of nitrogens with zero attached hydrogens (tertiary/aromatic N) is 1. The van der Waals surface area contributed by atoms with Crippen molar-refractivity contribution in [3.63, 3.8) is 0 Å². The van der Waals surface area contributed by atoms with E-state index in [-0.39, 0.29) is 11.7 Å². The SMILES string of the molecule is C=CCNC(=O)N[C@@H]1CCCN(c2cccc(F)c2)C1=O. The maximum atomic E-state index is 13.3. The predicted octanol–water partition coefficient (Wildman–Crippen LogP) is 1.81. The first-order chi connectivity index (χ1) is 10.1. The quantitative estimate of drug-likeness (QED) is 0.831. The van der Waals surface area contributed by atoms with Crippen LogP contribution in [0.4, 0.5) is 14.9 Å². The fraction of sp³-hybridized carbons (Fsp3) is 0.333. The number of piperidine rings is 1. The van der Waals surface area contributed by atoms with Crippen LogP contribution in [0.5, 0.6) is 0 Å². The summed E-state index contributed by atoms with van der Waals surface area (Å²) in [5, 5.41) is 5.20. The van der Waals surface area contributed by atoms with E-state index >= 15 is 0 Å². The molecule has 0 bridgehead atoms. The summed E-state index contributed by atoms with van der Waals surface area (Å²) in [5.74, 6) is -0.611. The lowest BCUT2D eigenvalue weighted by molar-refractivity contribution is -0.121. The molecule has 1 aliphatic heterocycles. The van der Waals surface area contributed by atoms with E-state index in [9.17, 15) is 14.0 Å². The second-order valence-corrected chi connectivity index (χ2v) is 4.81. The molecule has 2 N–H and O–H groups in total. The Bertz CT molecular complexity index is 547. The Morgan fingerprint density at radius 3 is 3.05 bits per heavy atom. The number of rotatable bonds is 4. The normalized spacial score (nSPS) is 18.2. The number of nitrogens with one attached hydrogen (secondary N) is 2. The molecule has 1 saturated heterocycles. The summed E-state index contributed by atoms with van der Waals surface area (Å²) in [7, 11) is 0. The van der Waals surface area contributed by atoms with Gasteiger partial charge in [0.2, 0.25) is 5.91 Å². The minimum Gasteiger partial charge on any atom is -0.335 e. The Morgan fingerprint density at radius 1 is 1.52 bits per heavy atom. The van der Waals surface area contributed by atoms with Crippen LogP contribution in [0.15, 0.2) is 36.9 Å². The van der Waals surface area contributed by atoms with E-state index in [1.165, 1.54) is 17.0 Å². The standard InChI is InChI=1S/C15H18FN3O2/c1-2-8-17-15(21)18-13-7-4-9-19(14(13)20)12-6-3-5-11(16)10-12/h2-3,5-6,10,13H,1,4,7-9H2,(H2,17,18,21)/t13-/m1/s1. The maximum Gasteiger partial charge on any atom is 0.315 e. The Balaban J connectivity index is 2.04. The number of benzene rings is 1. The van der Waals surface area contributed by atoms with Gasteiger partial charge in [-0.3, -0.25) is 4.79 Å². The van der Waals surface area contributed by atoms with E-state index in [2.05, 4.69) is 17.2 Å². The number of hydrogen-bond donors (Lipinski definition) is 2. The molecule has 2 rings (SSSR count). The Hall–Kier alpha value is -2.37. The maximum absolute atomic E-state index is 13.3. The van der Waals surface area contributed by atoms with E-state index in [4.69, 9.17) is 0 Å². The smallest absolute Gasteiger partial charge is 0.315 e. The van der Waals surface area contributed by atoms with Crippen LogP contribution in [0.3, 0.4) is 0 Å². The first-order valence-electron chi connectivity index (χ1n) is 6.84. The lowest BCUT2D eigenvalue weighted by Gasteiger charge is -2.32. The van der Waals surface area contributed by atoms with Crippen molar-refractivity contribution < 1.29 is 14.0 Å². The molecular formula is C15H18FN3O2. The van der Waals surface area contributed by atoms with Crippen molar-refractivity contribution >= 4 is 17.6 Å². The van der Waals surface area contributed by atoms with Crippen molar-refractivity contribution in [1.82, 2.24) is 10.6 Å². The van der Waals surface area contributed by atoms with Gasteiger partial charge in [-0.15, -0.1) is 6.58 Å². The van der Waals surface area contributed by atoms with Gasteiger partial charge < -0.3 is 15.5 Å². The Morgan fingerprint density at radius 2 is 2.33 bits per heavy atom. The Kier molecular flexibility index (Phi) is 4.92. The molecule has 0 spiro atoms. The topological polar surface area (TPSA) is 61.4 Å². The van der Waals surface area contributed by atoms with Crippen molar-refractivity contribution in [2.45, 2.75) is 18.9 Å². The summed E-state index contributed by atoms with van der Waals surface area (Å²) in [6, 6.07) is 4.89. The average molecular weight is 291 g/mol. The summed E-state index contributed by atoms with van der Waals surface area (Å²) in [4.78, 5) is 25.5. The summed E-state index contributed by atoms with van der Waals surface area (Å²) in [6.07, 6.45) is 2.88. The highest BCUT2D eigenvalue weighted by Gasteiger charge is 2.30. The average Bonchev–Trinajstić information content (AvgIpc) is 2.47. The predicted molar refractivity (Wildman–Crippen MR) is 78.5 cm³/mol. The number of carbonyl (C=O) groups excluding carboxylic acids is 2. The van der Waals surface area contributed by atoms with Crippen LogP contribution < -0.4 is 15.5 Å². The van der Waals surface area contributed by atoms with Crippen LogP contribution >= 0.6 is 0 Å². The molecule has 1 aliphatic rings. The number of urea groups is 1. The number of halogens is 1. The molecule has 6 heteroatoms.